The van der Waals surface area contributed by atoms with Crippen molar-refractivity contribution in [2.24, 2.45) is 0 Å². The van der Waals surface area contributed by atoms with E-state index in [1.54, 1.807) is 14.2 Å². The molecule has 0 saturated carbocycles. The Hall–Kier alpha value is 0.537. The maximum absolute atomic E-state index is 5.62. The summed E-state index contributed by atoms with van der Waals surface area (Å²) in [7, 11) is 3.02. The Morgan fingerprint density at radius 2 is 1.56 bits per heavy atom. The van der Waals surface area contributed by atoms with Crippen LogP contribution in [0.3, 0.4) is 0 Å². The molecule has 0 aromatic heterocycles. The number of hydrogen-bond donors (Lipinski definition) is 0. The van der Waals surface area contributed by atoms with Crippen LogP contribution in [0, 0.1) is 0 Å². The van der Waals surface area contributed by atoms with Gasteiger partial charge in [0.25, 0.3) is 0 Å². The highest BCUT2D eigenvalue weighted by molar-refractivity contribution is 9.09. The molecule has 0 aromatic carbocycles. The van der Waals surface area contributed by atoms with E-state index in [1.807, 2.05) is 0 Å². The van der Waals surface area contributed by atoms with Crippen molar-refractivity contribution in [1.29, 1.82) is 0 Å². The molecule has 0 spiro atoms. The van der Waals surface area contributed by atoms with Gasteiger partial charge in [0.15, 0.2) is 0 Å². The molecular weight excluding hydrogens is 292 g/mol. The van der Waals surface area contributed by atoms with Crippen molar-refractivity contribution in [2.75, 3.05) is 46.0 Å². The molecular formula is C10H23BrO4Si. The highest BCUT2D eigenvalue weighted by Crippen LogP contribution is 2.01. The van der Waals surface area contributed by atoms with E-state index in [0.29, 0.717) is 26.4 Å². The van der Waals surface area contributed by atoms with Gasteiger partial charge in [-0.05, 0) is 6.42 Å². The average molecular weight is 315 g/mol. The monoisotopic (exact) mass is 314 g/mol. The van der Waals surface area contributed by atoms with E-state index < -0.39 is 0 Å². The van der Waals surface area contributed by atoms with Crippen molar-refractivity contribution in [3.05, 3.63) is 0 Å². The number of halogens is 1. The second-order valence-corrected chi connectivity index (χ2v) is 6.09. The van der Waals surface area contributed by atoms with E-state index in [9.17, 15) is 0 Å². The van der Waals surface area contributed by atoms with Crippen molar-refractivity contribution in [3.8, 4) is 0 Å². The van der Waals surface area contributed by atoms with Crippen LogP contribution in [-0.2, 0) is 18.9 Å². The van der Waals surface area contributed by atoms with Crippen LogP contribution in [0.1, 0.15) is 6.42 Å². The van der Waals surface area contributed by atoms with Crippen molar-refractivity contribution in [1.82, 2.24) is 0 Å². The third-order valence-corrected chi connectivity index (χ3v) is 4.42. The lowest BCUT2D eigenvalue weighted by Crippen LogP contribution is -2.27. The Morgan fingerprint density at radius 3 is 2.00 bits per heavy atom. The van der Waals surface area contributed by atoms with Crippen LogP contribution in [0.5, 0.6) is 0 Å². The van der Waals surface area contributed by atoms with E-state index >= 15 is 0 Å². The molecule has 0 amide bonds. The number of rotatable bonds is 12. The summed E-state index contributed by atoms with van der Waals surface area (Å²) < 4.78 is 21.1. The first kappa shape index (κ1) is 16.5. The van der Waals surface area contributed by atoms with Crippen LogP contribution in [0.15, 0.2) is 0 Å². The Bertz CT molecular complexity index is 116. The zero-order chi connectivity index (χ0) is 12.1. The molecule has 0 fully saturated rings. The SMILES string of the molecule is COCCOC(OCCOC)[SiH2]CCCBr. The van der Waals surface area contributed by atoms with Gasteiger partial charge in [-0.3, -0.25) is 0 Å². The summed E-state index contributed by atoms with van der Waals surface area (Å²) in [5.74, 6) is 0.00403. The molecule has 0 bridgehead atoms. The van der Waals surface area contributed by atoms with Crippen LogP contribution in [0.25, 0.3) is 0 Å². The summed E-state index contributed by atoms with van der Waals surface area (Å²) in [6.07, 6.45) is 1.20. The van der Waals surface area contributed by atoms with Gasteiger partial charge in [0, 0.05) is 19.5 Å². The Labute approximate surface area is 109 Å². The summed E-state index contributed by atoms with van der Waals surface area (Å²) in [6, 6.07) is 1.23. The molecule has 0 heterocycles. The van der Waals surface area contributed by atoms with E-state index in [2.05, 4.69) is 15.9 Å². The van der Waals surface area contributed by atoms with Crippen LogP contribution >= 0.6 is 15.9 Å². The van der Waals surface area contributed by atoms with Crippen molar-refractivity contribution in [3.63, 3.8) is 0 Å². The third-order valence-electron chi connectivity index (χ3n) is 2.01. The maximum Gasteiger partial charge on any atom is 0.135 e. The van der Waals surface area contributed by atoms with Gasteiger partial charge < -0.3 is 18.9 Å². The molecule has 0 atom stereocenters. The van der Waals surface area contributed by atoms with Crippen LogP contribution in [-0.4, -0.2) is 61.4 Å². The third kappa shape index (κ3) is 11.0. The maximum atomic E-state index is 5.62. The normalized spacial score (nSPS) is 12.0. The van der Waals surface area contributed by atoms with Crippen LogP contribution in [0.2, 0.25) is 6.04 Å². The molecule has 16 heavy (non-hydrogen) atoms. The molecule has 6 heteroatoms. The number of alkyl halides is 1. The Kier molecular flexibility index (Phi) is 14.1. The average Bonchev–Trinajstić information content (AvgIpc) is 2.29. The van der Waals surface area contributed by atoms with Gasteiger partial charge in [-0.1, -0.05) is 22.0 Å². The summed E-state index contributed by atoms with van der Waals surface area (Å²) in [5, 5.41) is 1.06. The summed E-state index contributed by atoms with van der Waals surface area (Å²) in [5.41, 5.74) is 0. The molecule has 0 N–H and O–H groups in total. The fraction of sp³-hybridized carbons (Fsp3) is 1.00. The van der Waals surface area contributed by atoms with Gasteiger partial charge >= 0.3 is 0 Å². The Balaban J connectivity index is 3.58. The molecule has 0 radical (unpaired) electrons. The van der Waals surface area contributed by atoms with E-state index in [1.165, 1.54) is 12.5 Å². The topological polar surface area (TPSA) is 36.9 Å². The quantitative estimate of drug-likeness (QED) is 0.233. The van der Waals surface area contributed by atoms with Gasteiger partial charge in [-0.15, -0.1) is 0 Å². The molecule has 0 rings (SSSR count). The lowest BCUT2D eigenvalue weighted by Gasteiger charge is -2.18. The number of methoxy groups -OCH3 is 2. The van der Waals surface area contributed by atoms with E-state index in [0.717, 1.165) is 5.33 Å². The second kappa shape index (κ2) is 13.6. The fourth-order valence-corrected chi connectivity index (χ4v) is 3.81. The first-order chi connectivity index (χ1) is 7.85. The summed E-state index contributed by atoms with van der Waals surface area (Å²) >= 11 is 3.43. The zero-order valence-electron chi connectivity index (χ0n) is 10.2. The molecule has 0 aromatic rings. The first-order valence-electron chi connectivity index (χ1n) is 5.62. The smallest absolute Gasteiger partial charge is 0.135 e. The molecule has 98 valence electrons. The van der Waals surface area contributed by atoms with Gasteiger partial charge in [-0.25, -0.2) is 0 Å². The highest BCUT2D eigenvalue weighted by atomic mass is 79.9. The predicted octanol–water partition coefficient (Wildman–Crippen LogP) is 0.968. The first-order valence-corrected chi connectivity index (χ1v) is 8.56. The van der Waals surface area contributed by atoms with E-state index in [-0.39, 0.29) is 15.4 Å². The minimum atomic E-state index is -0.327. The van der Waals surface area contributed by atoms with Crippen LogP contribution < -0.4 is 0 Å². The van der Waals surface area contributed by atoms with Gasteiger partial charge in [-0.2, -0.15) is 0 Å². The standard InChI is InChI=1S/C10H23BrO4Si/c1-12-5-7-14-10(15-8-6-13-2)16-9-3-4-11/h10H,3-9,16H2,1-2H3. The zero-order valence-corrected chi connectivity index (χ0v) is 13.2. The predicted molar refractivity (Wildman–Crippen MR) is 71.2 cm³/mol. The largest absolute Gasteiger partial charge is 0.382 e. The Morgan fingerprint density at radius 1 is 1.00 bits per heavy atom. The van der Waals surface area contributed by atoms with Crippen molar-refractivity contribution < 1.29 is 18.9 Å². The molecule has 0 aliphatic heterocycles. The lowest BCUT2D eigenvalue weighted by atomic mass is 10.6. The highest BCUT2D eigenvalue weighted by Gasteiger charge is 2.09. The molecule has 0 aliphatic carbocycles. The van der Waals surface area contributed by atoms with Gasteiger partial charge in [0.05, 0.1) is 35.9 Å². The van der Waals surface area contributed by atoms with E-state index in [4.69, 9.17) is 18.9 Å². The summed E-state index contributed by atoms with van der Waals surface area (Å²) in [4.78, 5) is 0. The van der Waals surface area contributed by atoms with Gasteiger partial charge in [0.1, 0.15) is 5.91 Å². The lowest BCUT2D eigenvalue weighted by molar-refractivity contribution is -0.108. The minimum Gasteiger partial charge on any atom is -0.382 e. The second-order valence-electron chi connectivity index (χ2n) is 3.34. The van der Waals surface area contributed by atoms with Crippen molar-refractivity contribution in [2.45, 2.75) is 18.4 Å². The van der Waals surface area contributed by atoms with Crippen molar-refractivity contribution >= 4 is 25.4 Å². The molecule has 4 nitrogen and oxygen atoms in total. The summed E-state index contributed by atoms with van der Waals surface area (Å²) in [6.45, 7) is 2.46. The minimum absolute atomic E-state index is 0.00403. The van der Waals surface area contributed by atoms with Gasteiger partial charge in [0.2, 0.25) is 0 Å². The molecule has 0 unspecified atom stereocenters. The molecule has 0 aliphatic rings. The number of ether oxygens (including phenoxy) is 4. The fourth-order valence-electron chi connectivity index (χ4n) is 1.15. The number of hydrogen-bond acceptors (Lipinski definition) is 4. The van der Waals surface area contributed by atoms with Crippen LogP contribution in [0.4, 0.5) is 0 Å². The molecule has 0 saturated heterocycles.